The maximum Gasteiger partial charge on any atom is 0.301 e. The number of benzene rings is 1. The van der Waals surface area contributed by atoms with E-state index in [4.69, 9.17) is 5.84 Å². The lowest BCUT2D eigenvalue weighted by atomic mass is 10.2. The van der Waals surface area contributed by atoms with Crippen LogP contribution >= 0.6 is 11.3 Å². The van der Waals surface area contributed by atoms with Gasteiger partial charge in [-0.05, 0) is 23.6 Å². The number of para-hydroxylation sites is 1. The van der Waals surface area contributed by atoms with E-state index in [2.05, 4.69) is 10.1 Å². The maximum absolute atomic E-state index is 12.6. The van der Waals surface area contributed by atoms with Crippen LogP contribution in [0.15, 0.2) is 51.4 Å². The zero-order valence-electron chi connectivity index (χ0n) is 11.1. The number of nitrogen functional groups attached to an aromatic ring is 1. The van der Waals surface area contributed by atoms with Gasteiger partial charge in [-0.2, -0.15) is 14.3 Å². The summed E-state index contributed by atoms with van der Waals surface area (Å²) in [6, 6.07) is 10.4. The molecule has 0 unspecified atom stereocenters. The summed E-state index contributed by atoms with van der Waals surface area (Å²) in [6.07, 6.45) is 0. The van der Waals surface area contributed by atoms with Gasteiger partial charge >= 0.3 is 5.56 Å². The molecule has 0 saturated heterocycles. The van der Waals surface area contributed by atoms with E-state index in [-0.39, 0.29) is 17.0 Å². The monoisotopic (exact) mass is 311 g/mol. The van der Waals surface area contributed by atoms with Gasteiger partial charge in [0.2, 0.25) is 0 Å². The largest absolute Gasteiger partial charge is 0.333 e. The molecular formula is C14H9N5O2S. The highest BCUT2D eigenvalue weighted by atomic mass is 32.1. The summed E-state index contributed by atoms with van der Waals surface area (Å²) < 4.78 is 1.93. The third-order valence-corrected chi connectivity index (χ3v) is 4.20. The highest BCUT2D eigenvalue weighted by molar-refractivity contribution is 7.13. The molecule has 0 amide bonds. The average Bonchev–Trinajstić information content (AvgIpc) is 3.06. The fourth-order valence-corrected chi connectivity index (χ4v) is 2.97. The van der Waals surface area contributed by atoms with Gasteiger partial charge in [-0.25, -0.2) is 4.98 Å². The Morgan fingerprint density at radius 2 is 1.86 bits per heavy atom. The standard InChI is InChI=1S/C14H9N5O2S/c15-18-13(21)11(10-6-3-7-22-10)17-19-12(20)8-4-1-2-5-9(8)16-14(18)19/h1-7H,15H2. The normalized spacial score (nSPS) is 11.3. The molecule has 2 N–H and O–H groups in total. The Kier molecular flexibility index (Phi) is 2.60. The maximum atomic E-state index is 12.6. The van der Waals surface area contributed by atoms with Crippen molar-refractivity contribution in [1.29, 1.82) is 0 Å². The molecule has 0 fully saturated rings. The predicted molar refractivity (Wildman–Crippen MR) is 84.5 cm³/mol. The van der Waals surface area contributed by atoms with E-state index in [1.54, 1.807) is 36.4 Å². The number of hydrogen-bond donors (Lipinski definition) is 1. The molecule has 0 bridgehead atoms. The van der Waals surface area contributed by atoms with Gasteiger partial charge in [-0.15, -0.1) is 11.3 Å². The number of nitrogens with zero attached hydrogens (tertiary/aromatic N) is 4. The van der Waals surface area contributed by atoms with Crippen molar-refractivity contribution >= 4 is 28.0 Å². The first kappa shape index (κ1) is 12.7. The second-order valence-corrected chi connectivity index (χ2v) is 5.59. The molecule has 22 heavy (non-hydrogen) atoms. The van der Waals surface area contributed by atoms with E-state index in [0.717, 1.165) is 9.19 Å². The van der Waals surface area contributed by atoms with Gasteiger partial charge in [0.05, 0.1) is 15.8 Å². The summed E-state index contributed by atoms with van der Waals surface area (Å²) in [5, 5.41) is 6.41. The Morgan fingerprint density at radius 1 is 1.05 bits per heavy atom. The topological polar surface area (TPSA) is 95.3 Å². The molecule has 108 valence electrons. The summed E-state index contributed by atoms with van der Waals surface area (Å²) in [4.78, 5) is 29.8. The Balaban J connectivity index is 2.23. The lowest BCUT2D eigenvalue weighted by Gasteiger charge is -2.07. The number of aromatic nitrogens is 4. The second-order valence-electron chi connectivity index (χ2n) is 4.65. The lowest BCUT2D eigenvalue weighted by Crippen LogP contribution is -2.35. The van der Waals surface area contributed by atoms with Crippen LogP contribution in [0.25, 0.3) is 27.3 Å². The van der Waals surface area contributed by atoms with Gasteiger partial charge < -0.3 is 5.84 Å². The van der Waals surface area contributed by atoms with E-state index < -0.39 is 5.56 Å². The molecule has 0 saturated carbocycles. The predicted octanol–water partition coefficient (Wildman–Crippen LogP) is 0.847. The molecular weight excluding hydrogens is 302 g/mol. The summed E-state index contributed by atoms with van der Waals surface area (Å²) in [5.74, 6) is 5.84. The zero-order valence-corrected chi connectivity index (χ0v) is 11.9. The van der Waals surface area contributed by atoms with Crippen LogP contribution in [0, 0.1) is 0 Å². The van der Waals surface area contributed by atoms with Gasteiger partial charge in [-0.3, -0.25) is 9.59 Å². The first-order valence-electron chi connectivity index (χ1n) is 6.40. The SMILES string of the molecule is Nn1c(=O)c(-c2cccs2)nn2c(=O)c3ccccc3nc12. The summed E-state index contributed by atoms with van der Waals surface area (Å²) in [7, 11) is 0. The van der Waals surface area contributed by atoms with Crippen LogP contribution in [0.1, 0.15) is 0 Å². The number of thiophene rings is 1. The van der Waals surface area contributed by atoms with Crippen molar-refractivity contribution in [2.24, 2.45) is 0 Å². The van der Waals surface area contributed by atoms with Crippen molar-refractivity contribution < 1.29 is 0 Å². The Morgan fingerprint density at radius 3 is 2.64 bits per heavy atom. The Bertz CT molecular complexity index is 1130. The lowest BCUT2D eigenvalue weighted by molar-refractivity contribution is 0.784. The first-order chi connectivity index (χ1) is 10.7. The van der Waals surface area contributed by atoms with Crippen molar-refractivity contribution in [2.45, 2.75) is 0 Å². The highest BCUT2D eigenvalue weighted by Crippen LogP contribution is 2.19. The van der Waals surface area contributed by atoms with Gasteiger partial charge in [0.25, 0.3) is 11.3 Å². The molecule has 0 radical (unpaired) electrons. The highest BCUT2D eigenvalue weighted by Gasteiger charge is 2.15. The van der Waals surface area contributed by atoms with Crippen molar-refractivity contribution in [3.8, 4) is 10.6 Å². The second kappa shape index (κ2) is 4.50. The van der Waals surface area contributed by atoms with Crippen LogP contribution in [0.3, 0.4) is 0 Å². The summed E-state index contributed by atoms with van der Waals surface area (Å²) >= 11 is 1.35. The summed E-state index contributed by atoms with van der Waals surface area (Å²) in [5.41, 5.74) is -0.261. The summed E-state index contributed by atoms with van der Waals surface area (Å²) in [6.45, 7) is 0. The molecule has 0 atom stereocenters. The van der Waals surface area contributed by atoms with Gasteiger partial charge in [0, 0.05) is 0 Å². The van der Waals surface area contributed by atoms with E-state index >= 15 is 0 Å². The van der Waals surface area contributed by atoms with E-state index in [1.165, 1.54) is 11.3 Å². The van der Waals surface area contributed by atoms with Crippen LogP contribution < -0.4 is 17.0 Å². The molecule has 0 spiro atoms. The fraction of sp³-hybridized carbons (Fsp3) is 0. The zero-order chi connectivity index (χ0) is 15.3. The first-order valence-corrected chi connectivity index (χ1v) is 7.28. The molecule has 0 aliphatic rings. The number of nitrogens with two attached hydrogens (primary N) is 1. The van der Waals surface area contributed by atoms with Gasteiger partial charge in [0.15, 0.2) is 5.69 Å². The number of hydrogen-bond acceptors (Lipinski definition) is 6. The molecule has 3 heterocycles. The smallest absolute Gasteiger partial charge is 0.301 e. The molecule has 4 aromatic rings. The van der Waals surface area contributed by atoms with Crippen molar-refractivity contribution in [1.82, 2.24) is 19.3 Å². The van der Waals surface area contributed by atoms with Crippen LogP contribution in [-0.2, 0) is 0 Å². The molecule has 1 aromatic carbocycles. The minimum atomic E-state index is -0.496. The minimum absolute atomic E-state index is 0.00834. The molecule has 4 rings (SSSR count). The van der Waals surface area contributed by atoms with Gasteiger partial charge in [0.1, 0.15) is 0 Å². The van der Waals surface area contributed by atoms with Gasteiger partial charge in [-0.1, -0.05) is 18.2 Å². The van der Waals surface area contributed by atoms with E-state index in [9.17, 15) is 9.59 Å². The van der Waals surface area contributed by atoms with Crippen molar-refractivity contribution in [3.63, 3.8) is 0 Å². The van der Waals surface area contributed by atoms with E-state index in [0.29, 0.717) is 15.8 Å². The third-order valence-electron chi connectivity index (χ3n) is 3.33. The number of rotatable bonds is 1. The van der Waals surface area contributed by atoms with Crippen LogP contribution in [-0.4, -0.2) is 19.3 Å². The Hall–Kier alpha value is -3.00. The molecule has 0 aliphatic heterocycles. The average molecular weight is 311 g/mol. The molecule has 8 heteroatoms. The molecule has 3 aromatic heterocycles. The Labute approximate surface area is 126 Å². The van der Waals surface area contributed by atoms with Crippen molar-refractivity contribution in [2.75, 3.05) is 5.84 Å². The number of fused-ring (bicyclic) bond motifs is 2. The van der Waals surface area contributed by atoms with Crippen LogP contribution in [0.4, 0.5) is 0 Å². The van der Waals surface area contributed by atoms with Crippen LogP contribution in [0.5, 0.6) is 0 Å². The van der Waals surface area contributed by atoms with Crippen molar-refractivity contribution in [3.05, 3.63) is 62.5 Å². The van der Waals surface area contributed by atoms with E-state index in [1.807, 2.05) is 5.38 Å². The molecule has 7 nitrogen and oxygen atoms in total. The van der Waals surface area contributed by atoms with Crippen LogP contribution in [0.2, 0.25) is 0 Å². The molecule has 0 aliphatic carbocycles. The quantitative estimate of drug-likeness (QED) is 0.415. The minimum Gasteiger partial charge on any atom is -0.333 e. The fourth-order valence-electron chi connectivity index (χ4n) is 2.27. The third kappa shape index (κ3) is 1.67.